The fraction of sp³-hybridized carbons (Fsp3) is 0.255. The first-order chi connectivity index (χ1) is 37.6. The van der Waals surface area contributed by atoms with Crippen LogP contribution in [-0.4, -0.2) is 113 Å². The molecule has 6 aromatic rings. The normalized spacial score (nSPS) is 11.0. The number of carbonyl (C=O) groups is 5. The number of anilines is 4. The Morgan fingerprint density at radius 2 is 0.988 bits per heavy atom. The Labute approximate surface area is 564 Å². The molecule has 0 amide bonds. The average molecular weight is 1270 g/mol. The number of methoxy groups -OCH3 is 4. The van der Waals surface area contributed by atoms with Crippen molar-refractivity contribution in [1.29, 1.82) is 0 Å². The SMILES string of the molecule is C#CCN(c1ccc(N(CC(=O)OC)S(=O)(=O)c2ccc(F)cc2)c2ccccc12)[C@@H](C)CC(=O)OC.C#CCN(c1ccc(NS(=O)(=O)c2ccc(F)cc2)c2ccccc12)[C@@H](C)CC(=O)OC.COC(=O)CBr.O=CO[O-].[H-].[K+].[K+]. The molecule has 1 N–H and O–H groups in total. The van der Waals surface area contributed by atoms with Crippen LogP contribution in [0.5, 0.6) is 0 Å². The zero-order chi connectivity index (χ0) is 58.9. The summed E-state index contributed by atoms with van der Waals surface area (Å²) in [4.78, 5) is 60.7. The van der Waals surface area contributed by atoms with E-state index in [-0.39, 0.29) is 181 Å². The molecule has 0 unspecified atom stereocenters. The summed E-state index contributed by atoms with van der Waals surface area (Å²) < 4.78 is 102. The van der Waals surface area contributed by atoms with Gasteiger partial charge in [0.2, 0.25) is 0 Å². The first-order valence-electron chi connectivity index (χ1n) is 23.2. The maximum atomic E-state index is 13.6. The van der Waals surface area contributed by atoms with Crippen LogP contribution in [0.25, 0.3) is 21.5 Å². The van der Waals surface area contributed by atoms with Crippen molar-refractivity contribution in [2.75, 3.05) is 72.2 Å². The van der Waals surface area contributed by atoms with E-state index < -0.39 is 50.2 Å². The number of sulfonamides is 2. The van der Waals surface area contributed by atoms with E-state index in [4.69, 9.17) is 37.1 Å². The van der Waals surface area contributed by atoms with Crippen molar-refractivity contribution in [3.8, 4) is 24.7 Å². The van der Waals surface area contributed by atoms with Gasteiger partial charge in [-0.3, -0.25) is 33.0 Å². The standard InChI is InChI=1S/C27H27FN2O6S.C24H23FN2O4S.C3H5BrO2.CH2O3.2K.H/c1-5-16-29(19(2)17-26(31)35-3)24-14-15-25(23-9-7-6-8-22(23)24)30(18-27(32)36-4)37(33,34)21-12-10-20(28)11-13-21;1-4-15-27(17(2)16-24(28)31-3)23-14-13-22(20-7-5-6-8-21(20)23)26-32(29,30)19-11-9-18(25)10-12-19;1-6-3(5)2-4;2-1-4-3;;;/h1,6-15,19H,16-18H2,2-4H3;1,5-14,17,26H,15-16H2,2-3H3;2H2,1H3;1,3H;;;/q;;;;2*+1;-1/p-1/t19-;17-;;;;;/m00...../s1. The molecule has 0 saturated carbocycles. The van der Waals surface area contributed by atoms with Gasteiger partial charge in [-0.05, 0) is 86.6 Å². The van der Waals surface area contributed by atoms with Gasteiger partial charge in [-0.15, -0.1) is 12.8 Å². The predicted octanol–water partition coefficient (Wildman–Crippen LogP) is 1.02. The van der Waals surface area contributed by atoms with E-state index in [2.05, 4.69) is 42.1 Å². The number of rotatable bonds is 20. The Hall–Kier alpha value is -5.02. The zero-order valence-electron chi connectivity index (χ0n) is 46.6. The second-order valence-electron chi connectivity index (χ2n) is 16.3. The van der Waals surface area contributed by atoms with Crippen molar-refractivity contribution >= 4 is 111 Å². The molecule has 0 bridgehead atoms. The van der Waals surface area contributed by atoms with Crippen molar-refractivity contribution < 1.29 is 183 Å². The van der Waals surface area contributed by atoms with Crippen LogP contribution in [0.1, 0.15) is 28.1 Å². The van der Waals surface area contributed by atoms with Crippen LogP contribution < -0.4 is 127 Å². The monoisotopic (exact) mass is 1270 g/mol. The molecule has 0 aromatic heterocycles. The number of terminal acetylenes is 2. The van der Waals surface area contributed by atoms with Crippen LogP contribution >= 0.6 is 15.9 Å². The number of alkyl halides is 1. The summed E-state index contributed by atoms with van der Waals surface area (Å²) in [6.07, 6.45) is 11.4. The van der Waals surface area contributed by atoms with Crippen LogP contribution in [0.3, 0.4) is 0 Å². The maximum Gasteiger partial charge on any atom is 1.00 e. The minimum atomic E-state index is -4.29. The summed E-state index contributed by atoms with van der Waals surface area (Å²) in [6, 6.07) is 29.3. The zero-order valence-corrected chi connectivity index (χ0v) is 55.1. The largest absolute Gasteiger partial charge is 1.00 e. The Morgan fingerprint density at radius 3 is 1.37 bits per heavy atom. The number of nitrogens with one attached hydrogen (secondary N) is 1. The van der Waals surface area contributed by atoms with Crippen molar-refractivity contribution in [3.63, 3.8) is 0 Å². The van der Waals surface area contributed by atoms with Gasteiger partial charge in [-0.2, -0.15) is 0 Å². The molecule has 2 atom stereocenters. The molecule has 0 saturated heterocycles. The number of esters is 4. The molecule has 0 aliphatic rings. The van der Waals surface area contributed by atoms with Gasteiger partial charge in [0.25, 0.3) is 26.5 Å². The molecule has 6 aromatic carbocycles. The van der Waals surface area contributed by atoms with Crippen molar-refractivity contribution in [1.82, 2.24) is 0 Å². The third-order valence-electron chi connectivity index (χ3n) is 11.3. The van der Waals surface area contributed by atoms with Crippen molar-refractivity contribution in [2.24, 2.45) is 0 Å². The van der Waals surface area contributed by atoms with Gasteiger partial charge in [0, 0.05) is 45.0 Å². The fourth-order valence-corrected chi connectivity index (χ4v) is 10.2. The van der Waals surface area contributed by atoms with E-state index in [1.165, 1.54) is 33.5 Å². The van der Waals surface area contributed by atoms with Gasteiger partial charge < -0.3 is 40.3 Å². The molecule has 0 spiro atoms. The number of hydrogen-bond acceptors (Lipinski definition) is 17. The average Bonchev–Trinajstić information content (AvgIpc) is 3.57. The fourth-order valence-electron chi connectivity index (χ4n) is 7.47. The van der Waals surface area contributed by atoms with E-state index in [1.807, 2.05) is 35.8 Å². The molecule has 0 radical (unpaired) electrons. The molecule has 26 heteroatoms. The Bertz CT molecular complexity index is 3370. The number of fused-ring (bicyclic) bond motifs is 2. The van der Waals surface area contributed by atoms with Crippen molar-refractivity contribution in [3.05, 3.63) is 133 Å². The predicted molar refractivity (Wildman–Crippen MR) is 297 cm³/mol. The third kappa shape index (κ3) is 21.9. The minimum Gasteiger partial charge on any atom is -1.00 e. The topological polar surface area (TPSA) is 245 Å². The minimum absolute atomic E-state index is 0. The van der Waals surface area contributed by atoms with E-state index in [1.54, 1.807) is 60.7 Å². The van der Waals surface area contributed by atoms with E-state index >= 15 is 0 Å². The van der Waals surface area contributed by atoms with Gasteiger partial charge in [-0.1, -0.05) is 76.3 Å². The van der Waals surface area contributed by atoms with Crippen LogP contribution in [0.2, 0.25) is 0 Å². The molecule has 0 aliphatic carbocycles. The number of halogens is 3. The second kappa shape index (κ2) is 37.2. The van der Waals surface area contributed by atoms with E-state index in [0.717, 1.165) is 58.9 Å². The van der Waals surface area contributed by atoms with Crippen LogP contribution in [-0.2, 0) is 67.9 Å². The Morgan fingerprint density at radius 1 is 0.617 bits per heavy atom. The Kier molecular flexibility index (Phi) is 34.0. The summed E-state index contributed by atoms with van der Waals surface area (Å²) in [6.45, 7) is 3.35. The van der Waals surface area contributed by atoms with E-state index in [9.17, 15) is 44.8 Å². The van der Waals surface area contributed by atoms with Crippen LogP contribution in [0.15, 0.2) is 131 Å². The molecular weight excluding hydrogens is 1220 g/mol. The molecular formula is C55H57BrF2K2N4O15S2. The molecule has 6 rings (SSSR count). The summed E-state index contributed by atoms with van der Waals surface area (Å²) in [5, 5.41) is 11.3. The summed E-state index contributed by atoms with van der Waals surface area (Å²) >= 11 is 2.90. The van der Waals surface area contributed by atoms with Gasteiger partial charge >= 0.3 is 127 Å². The van der Waals surface area contributed by atoms with Crippen LogP contribution in [0, 0.1) is 36.3 Å². The van der Waals surface area contributed by atoms with Crippen molar-refractivity contribution in [2.45, 2.75) is 48.6 Å². The first kappa shape index (κ1) is 74.0. The molecule has 0 heterocycles. The van der Waals surface area contributed by atoms with E-state index in [0.29, 0.717) is 27.5 Å². The van der Waals surface area contributed by atoms with Gasteiger partial charge in [0.15, 0.2) is 0 Å². The molecule has 0 aliphatic heterocycles. The Balaban J connectivity index is 0.00000134. The first-order valence-corrected chi connectivity index (χ1v) is 27.2. The maximum absolute atomic E-state index is 13.6. The molecule has 422 valence electrons. The number of carbonyl (C=O) groups excluding carboxylic acids is 5. The number of hydrogen-bond donors (Lipinski definition) is 1. The number of benzene rings is 6. The van der Waals surface area contributed by atoms with Crippen LogP contribution in [0.4, 0.5) is 31.5 Å². The summed E-state index contributed by atoms with van der Waals surface area (Å²) in [5.41, 5.74) is 2.02. The smallest absolute Gasteiger partial charge is 1.00 e. The number of nitrogens with zero attached hydrogens (tertiary/aromatic N) is 3. The second-order valence-corrected chi connectivity index (χ2v) is 20.4. The molecule has 19 nitrogen and oxygen atoms in total. The molecule has 81 heavy (non-hydrogen) atoms. The summed E-state index contributed by atoms with van der Waals surface area (Å²) in [5.74, 6) is 2.33. The number of ether oxygens (including phenoxy) is 4. The quantitative estimate of drug-likeness (QED) is 0.0164. The summed E-state index contributed by atoms with van der Waals surface area (Å²) in [7, 11) is -3.06. The van der Waals surface area contributed by atoms with Gasteiger partial charge in [-0.25, -0.2) is 25.6 Å². The van der Waals surface area contributed by atoms with Gasteiger partial charge in [0.05, 0.1) is 75.5 Å². The molecule has 0 fully saturated rings. The third-order valence-corrected chi connectivity index (χ3v) is 14.9. The van der Waals surface area contributed by atoms with Gasteiger partial charge in [0.1, 0.15) is 23.5 Å².